The Morgan fingerprint density at radius 2 is 2.11 bits per heavy atom. The van der Waals surface area contributed by atoms with Crippen LogP contribution in [-0.2, 0) is 6.42 Å². The lowest BCUT2D eigenvalue weighted by molar-refractivity contribution is 0.158. The Labute approximate surface area is 160 Å². The second-order valence-electron chi connectivity index (χ2n) is 6.70. The Morgan fingerprint density at radius 1 is 1.22 bits per heavy atom. The van der Waals surface area contributed by atoms with E-state index in [-0.39, 0.29) is 12.1 Å². The van der Waals surface area contributed by atoms with Crippen molar-refractivity contribution < 1.29 is 14.3 Å². The summed E-state index contributed by atoms with van der Waals surface area (Å²) in [6, 6.07) is 11.5. The molecule has 3 rings (SSSR count). The highest BCUT2D eigenvalue weighted by Gasteiger charge is 2.27. The standard InChI is InChI=1S/C21H27N3O3/c1-26-18-11-12-19(20(15-18)27-2)23-21(25)24-14-6-4-8-17(24)10-9-16-7-3-5-13-22-16/h3,5,7,11-13,15,17H,4,6,8-10,14H2,1-2H3,(H,23,25). The number of benzene rings is 1. The Morgan fingerprint density at radius 3 is 2.85 bits per heavy atom. The van der Waals surface area contributed by atoms with Gasteiger partial charge in [0.2, 0.25) is 0 Å². The van der Waals surface area contributed by atoms with E-state index in [4.69, 9.17) is 9.47 Å². The number of piperidine rings is 1. The molecule has 0 radical (unpaired) electrons. The van der Waals surface area contributed by atoms with E-state index in [1.165, 1.54) is 0 Å². The molecule has 0 saturated carbocycles. The predicted octanol–water partition coefficient (Wildman–Crippen LogP) is 4.12. The van der Waals surface area contributed by atoms with Gasteiger partial charge in [0.25, 0.3) is 0 Å². The number of pyridine rings is 1. The number of aromatic nitrogens is 1. The van der Waals surface area contributed by atoms with Gasteiger partial charge in [-0.15, -0.1) is 0 Å². The van der Waals surface area contributed by atoms with Gasteiger partial charge in [0.1, 0.15) is 11.5 Å². The Bertz CT molecular complexity index is 752. The molecule has 1 N–H and O–H groups in total. The van der Waals surface area contributed by atoms with Gasteiger partial charge in [0.05, 0.1) is 19.9 Å². The molecule has 0 aliphatic carbocycles. The molecule has 2 amide bonds. The molecule has 1 atom stereocenters. The van der Waals surface area contributed by atoms with Gasteiger partial charge in [0, 0.05) is 30.5 Å². The molecular formula is C21H27N3O3. The third-order valence-corrected chi connectivity index (χ3v) is 5.00. The molecule has 6 nitrogen and oxygen atoms in total. The van der Waals surface area contributed by atoms with Crippen LogP contribution >= 0.6 is 0 Å². The fourth-order valence-corrected chi connectivity index (χ4v) is 3.52. The number of methoxy groups -OCH3 is 2. The number of hydrogen-bond acceptors (Lipinski definition) is 4. The molecule has 1 aromatic carbocycles. The lowest BCUT2D eigenvalue weighted by Crippen LogP contribution is -2.46. The van der Waals surface area contributed by atoms with E-state index in [0.717, 1.165) is 44.3 Å². The first-order chi connectivity index (χ1) is 13.2. The molecule has 1 fully saturated rings. The SMILES string of the molecule is COc1ccc(NC(=O)N2CCCCC2CCc2ccccn2)c(OC)c1. The third kappa shape index (κ3) is 4.90. The van der Waals surface area contributed by atoms with Crippen LogP contribution in [-0.4, -0.2) is 42.7 Å². The summed E-state index contributed by atoms with van der Waals surface area (Å²) in [5.41, 5.74) is 1.72. The van der Waals surface area contributed by atoms with E-state index < -0.39 is 0 Å². The summed E-state index contributed by atoms with van der Waals surface area (Å²) >= 11 is 0. The van der Waals surface area contributed by atoms with E-state index >= 15 is 0 Å². The van der Waals surface area contributed by atoms with Crippen molar-refractivity contribution in [3.05, 3.63) is 48.3 Å². The molecule has 144 valence electrons. The molecule has 2 heterocycles. The second kappa shape index (κ2) is 9.26. The van der Waals surface area contributed by atoms with Crippen LogP contribution in [0.1, 0.15) is 31.4 Å². The number of amides is 2. The van der Waals surface area contributed by atoms with Crippen LogP contribution in [0.5, 0.6) is 11.5 Å². The second-order valence-corrected chi connectivity index (χ2v) is 6.70. The van der Waals surface area contributed by atoms with Gasteiger partial charge in [0.15, 0.2) is 0 Å². The number of carbonyl (C=O) groups is 1. The first-order valence-corrected chi connectivity index (χ1v) is 9.41. The van der Waals surface area contributed by atoms with Gasteiger partial charge in [-0.2, -0.15) is 0 Å². The summed E-state index contributed by atoms with van der Waals surface area (Å²) < 4.78 is 10.6. The Balaban J connectivity index is 1.66. The number of nitrogens with zero attached hydrogens (tertiary/aromatic N) is 2. The molecule has 1 aromatic heterocycles. The van der Waals surface area contributed by atoms with Gasteiger partial charge in [-0.3, -0.25) is 4.98 Å². The Hall–Kier alpha value is -2.76. The van der Waals surface area contributed by atoms with Crippen molar-refractivity contribution in [1.82, 2.24) is 9.88 Å². The van der Waals surface area contributed by atoms with Gasteiger partial charge < -0.3 is 19.7 Å². The zero-order valence-electron chi connectivity index (χ0n) is 16.0. The highest BCUT2D eigenvalue weighted by atomic mass is 16.5. The van der Waals surface area contributed by atoms with Crippen molar-refractivity contribution in [1.29, 1.82) is 0 Å². The summed E-state index contributed by atoms with van der Waals surface area (Å²) in [6.07, 6.45) is 6.83. The van der Waals surface area contributed by atoms with E-state index in [2.05, 4.69) is 10.3 Å². The molecular weight excluding hydrogens is 342 g/mol. The van der Waals surface area contributed by atoms with Crippen molar-refractivity contribution in [2.24, 2.45) is 0 Å². The lowest BCUT2D eigenvalue weighted by atomic mass is 9.97. The van der Waals surface area contributed by atoms with Crippen LogP contribution in [0.25, 0.3) is 0 Å². The summed E-state index contributed by atoms with van der Waals surface area (Å²) in [4.78, 5) is 19.3. The number of nitrogens with one attached hydrogen (secondary N) is 1. The van der Waals surface area contributed by atoms with E-state index in [1.54, 1.807) is 20.3 Å². The van der Waals surface area contributed by atoms with Gasteiger partial charge in [-0.25, -0.2) is 4.79 Å². The minimum Gasteiger partial charge on any atom is -0.497 e. The normalized spacial score (nSPS) is 16.7. The van der Waals surface area contributed by atoms with E-state index in [1.807, 2.05) is 41.4 Å². The molecule has 0 bridgehead atoms. The largest absolute Gasteiger partial charge is 0.497 e. The van der Waals surface area contributed by atoms with Crippen molar-refractivity contribution in [2.75, 3.05) is 26.1 Å². The Kier molecular flexibility index (Phi) is 6.52. The molecule has 1 unspecified atom stereocenters. The summed E-state index contributed by atoms with van der Waals surface area (Å²) in [5, 5.41) is 3.00. The average molecular weight is 369 g/mol. The molecule has 0 spiro atoms. The van der Waals surface area contributed by atoms with Crippen LogP contribution in [0.3, 0.4) is 0 Å². The molecule has 2 aromatic rings. The fourth-order valence-electron chi connectivity index (χ4n) is 3.52. The number of hydrogen-bond donors (Lipinski definition) is 1. The average Bonchev–Trinajstić information content (AvgIpc) is 2.73. The monoisotopic (exact) mass is 369 g/mol. The summed E-state index contributed by atoms with van der Waals surface area (Å²) in [5.74, 6) is 1.28. The van der Waals surface area contributed by atoms with Crippen molar-refractivity contribution >= 4 is 11.7 Å². The molecule has 1 saturated heterocycles. The molecule has 1 aliphatic heterocycles. The number of aryl methyl sites for hydroxylation is 1. The maximum atomic E-state index is 12.9. The van der Waals surface area contributed by atoms with Crippen LogP contribution in [0.15, 0.2) is 42.6 Å². The minimum atomic E-state index is -0.0795. The first-order valence-electron chi connectivity index (χ1n) is 9.41. The highest BCUT2D eigenvalue weighted by Crippen LogP contribution is 2.30. The van der Waals surface area contributed by atoms with Crippen molar-refractivity contribution in [3.63, 3.8) is 0 Å². The number of likely N-dealkylation sites (tertiary alicyclic amines) is 1. The lowest BCUT2D eigenvalue weighted by Gasteiger charge is -2.36. The minimum absolute atomic E-state index is 0.0795. The van der Waals surface area contributed by atoms with Gasteiger partial charge in [-0.05, 0) is 56.4 Å². The number of rotatable bonds is 6. The van der Waals surface area contributed by atoms with Crippen LogP contribution in [0.4, 0.5) is 10.5 Å². The zero-order chi connectivity index (χ0) is 19.1. The smallest absolute Gasteiger partial charge is 0.322 e. The zero-order valence-corrected chi connectivity index (χ0v) is 16.0. The van der Waals surface area contributed by atoms with Gasteiger partial charge in [-0.1, -0.05) is 6.07 Å². The topological polar surface area (TPSA) is 63.7 Å². The van der Waals surface area contributed by atoms with Crippen molar-refractivity contribution in [2.45, 2.75) is 38.1 Å². The molecule has 6 heteroatoms. The maximum absolute atomic E-state index is 12.9. The third-order valence-electron chi connectivity index (χ3n) is 5.00. The predicted molar refractivity (Wildman–Crippen MR) is 105 cm³/mol. The number of anilines is 1. The fraction of sp³-hybridized carbons (Fsp3) is 0.429. The van der Waals surface area contributed by atoms with E-state index in [9.17, 15) is 4.79 Å². The quantitative estimate of drug-likeness (QED) is 0.832. The number of carbonyl (C=O) groups excluding carboxylic acids is 1. The van der Waals surface area contributed by atoms with Crippen molar-refractivity contribution in [3.8, 4) is 11.5 Å². The highest BCUT2D eigenvalue weighted by molar-refractivity contribution is 5.91. The summed E-state index contributed by atoms with van der Waals surface area (Å²) in [7, 11) is 3.19. The van der Waals surface area contributed by atoms with Crippen LogP contribution in [0, 0.1) is 0 Å². The first kappa shape index (κ1) is 19.0. The number of urea groups is 1. The van der Waals surface area contributed by atoms with Crippen LogP contribution in [0.2, 0.25) is 0 Å². The number of ether oxygens (including phenoxy) is 2. The molecule has 1 aliphatic rings. The summed E-state index contributed by atoms with van der Waals surface area (Å²) in [6.45, 7) is 0.775. The molecule has 27 heavy (non-hydrogen) atoms. The maximum Gasteiger partial charge on any atom is 0.322 e. The van der Waals surface area contributed by atoms with Gasteiger partial charge >= 0.3 is 6.03 Å². The van der Waals surface area contributed by atoms with Crippen LogP contribution < -0.4 is 14.8 Å². The van der Waals surface area contributed by atoms with E-state index in [0.29, 0.717) is 17.2 Å².